The molecule has 0 saturated heterocycles. The van der Waals surface area contributed by atoms with Crippen molar-refractivity contribution in [3.63, 3.8) is 0 Å². The van der Waals surface area contributed by atoms with E-state index < -0.39 is 46.6 Å². The minimum atomic E-state index is -5.08. The summed E-state index contributed by atoms with van der Waals surface area (Å²) in [7, 11) is 0. The first-order valence-corrected chi connectivity index (χ1v) is 7.49. The number of halogens is 6. The van der Waals surface area contributed by atoms with Gasteiger partial charge in [-0.2, -0.15) is 26.3 Å². The van der Waals surface area contributed by atoms with E-state index in [1.54, 1.807) is 6.07 Å². The molecule has 2 N–H and O–H groups in total. The van der Waals surface area contributed by atoms with E-state index in [4.69, 9.17) is 5.11 Å². The van der Waals surface area contributed by atoms with E-state index in [0.29, 0.717) is 18.2 Å². The maximum atomic E-state index is 12.9. The monoisotopic (exact) mass is 403 g/mol. The molecule has 0 fully saturated rings. The van der Waals surface area contributed by atoms with E-state index in [-0.39, 0.29) is 11.6 Å². The van der Waals surface area contributed by atoms with Gasteiger partial charge in [-0.15, -0.1) is 0 Å². The van der Waals surface area contributed by atoms with E-state index in [2.05, 4.69) is 0 Å². The van der Waals surface area contributed by atoms with Crippen LogP contribution in [0.3, 0.4) is 0 Å². The maximum absolute atomic E-state index is 12.9. The molecule has 0 spiro atoms. The zero-order chi connectivity index (χ0) is 21.1. The molecule has 0 bridgehead atoms. The highest BCUT2D eigenvalue weighted by atomic mass is 19.4. The lowest BCUT2D eigenvalue weighted by molar-refractivity contribution is -0.143. The minimum Gasteiger partial charge on any atom is -0.477 e. The lowest BCUT2D eigenvalue weighted by Gasteiger charge is -2.13. The van der Waals surface area contributed by atoms with Crippen LogP contribution in [-0.2, 0) is 17.1 Å². The van der Waals surface area contributed by atoms with Crippen molar-refractivity contribution in [3.8, 4) is 0 Å². The number of amides is 1. The van der Waals surface area contributed by atoms with E-state index in [1.165, 1.54) is 24.3 Å². The average Bonchev–Trinajstić information content (AvgIpc) is 2.60. The van der Waals surface area contributed by atoms with Gasteiger partial charge in [-0.3, -0.25) is 4.79 Å². The third kappa shape index (κ3) is 5.35. The van der Waals surface area contributed by atoms with E-state index in [0.717, 1.165) is 0 Å². The second-order valence-electron chi connectivity index (χ2n) is 5.52. The number of carboxylic acid groups (broad SMARTS) is 1. The van der Waals surface area contributed by atoms with Gasteiger partial charge in [-0.25, -0.2) is 4.79 Å². The van der Waals surface area contributed by atoms with Gasteiger partial charge in [-0.05, 0) is 42.0 Å². The van der Waals surface area contributed by atoms with Crippen molar-refractivity contribution in [2.24, 2.45) is 0 Å². The van der Waals surface area contributed by atoms with Crippen molar-refractivity contribution >= 4 is 18.0 Å². The van der Waals surface area contributed by atoms with Crippen LogP contribution in [0.25, 0.3) is 6.08 Å². The summed E-state index contributed by atoms with van der Waals surface area (Å²) >= 11 is 0. The summed E-state index contributed by atoms with van der Waals surface area (Å²) in [5, 5.41) is 11.1. The van der Waals surface area contributed by atoms with Crippen LogP contribution in [0.4, 0.5) is 26.3 Å². The molecule has 28 heavy (non-hydrogen) atoms. The van der Waals surface area contributed by atoms with Gasteiger partial charge in [0.2, 0.25) is 0 Å². The molecule has 0 aromatic heterocycles. The summed E-state index contributed by atoms with van der Waals surface area (Å²) in [5.74, 6) is -2.63. The summed E-state index contributed by atoms with van der Waals surface area (Å²) in [5.41, 5.74) is -4.73. The van der Waals surface area contributed by atoms with Crippen molar-refractivity contribution in [1.29, 1.82) is 0 Å². The van der Waals surface area contributed by atoms with Crippen molar-refractivity contribution in [3.05, 3.63) is 76.5 Å². The average molecular weight is 403 g/mol. The van der Waals surface area contributed by atoms with Crippen LogP contribution in [0, 0.1) is 0 Å². The number of carbonyl (C=O) groups excluding carboxylic acids is 1. The summed E-state index contributed by atoms with van der Waals surface area (Å²) in [4.78, 5) is 23.3. The first-order valence-electron chi connectivity index (χ1n) is 7.49. The molecule has 148 valence electrons. The Labute approximate surface area is 154 Å². The third-order valence-electron chi connectivity index (χ3n) is 3.44. The highest BCUT2D eigenvalue weighted by Crippen LogP contribution is 2.36. The molecule has 2 aromatic carbocycles. The predicted octanol–water partition coefficient (Wildman–Crippen LogP) is 4.58. The van der Waals surface area contributed by atoms with Gasteiger partial charge in [0.25, 0.3) is 5.91 Å². The number of carboxylic acids is 1. The Bertz CT molecular complexity index is 885. The Hall–Kier alpha value is -3.30. The van der Waals surface area contributed by atoms with Crippen molar-refractivity contribution in [2.45, 2.75) is 12.4 Å². The SMILES string of the molecule is O=C(O)C(=Cc1cc(C(F)(F)F)cc(C(F)(F)F)c1)NC(=O)c1ccccc1. The highest BCUT2D eigenvalue weighted by molar-refractivity contribution is 6.02. The summed E-state index contributed by atoms with van der Waals surface area (Å²) in [6.07, 6.45) is -9.64. The first kappa shape index (κ1) is 21.0. The van der Waals surface area contributed by atoms with Crippen LogP contribution in [0.15, 0.2) is 54.2 Å². The molecule has 2 aromatic rings. The zero-order valence-corrected chi connectivity index (χ0v) is 13.7. The van der Waals surface area contributed by atoms with Crippen LogP contribution >= 0.6 is 0 Å². The van der Waals surface area contributed by atoms with Gasteiger partial charge < -0.3 is 10.4 Å². The topological polar surface area (TPSA) is 66.4 Å². The van der Waals surface area contributed by atoms with Crippen LogP contribution in [-0.4, -0.2) is 17.0 Å². The molecule has 4 nitrogen and oxygen atoms in total. The number of carbonyl (C=O) groups is 2. The quantitative estimate of drug-likeness (QED) is 0.580. The third-order valence-corrected chi connectivity index (χ3v) is 3.44. The van der Waals surface area contributed by atoms with Gasteiger partial charge in [0.15, 0.2) is 0 Å². The molecule has 0 unspecified atom stereocenters. The van der Waals surface area contributed by atoms with Crippen molar-refractivity contribution in [2.75, 3.05) is 0 Å². The molecule has 0 aliphatic carbocycles. The number of alkyl halides is 6. The molecule has 0 heterocycles. The lowest BCUT2D eigenvalue weighted by atomic mass is 10.0. The highest BCUT2D eigenvalue weighted by Gasteiger charge is 2.36. The Kier molecular flexibility index (Phi) is 5.81. The summed E-state index contributed by atoms with van der Waals surface area (Å²) in [6, 6.07) is 7.89. The summed E-state index contributed by atoms with van der Waals surface area (Å²) < 4.78 is 77.3. The molecule has 2 rings (SSSR count). The standard InChI is InChI=1S/C18H11F6NO3/c19-17(20,21)12-6-10(7-13(9-12)18(22,23)24)8-14(16(27)28)25-15(26)11-4-2-1-3-5-11/h1-9H,(H,25,26)(H,27,28). The molecule has 0 saturated carbocycles. The van der Waals surface area contributed by atoms with Crippen LogP contribution in [0.1, 0.15) is 27.0 Å². The Morgan fingerprint density at radius 2 is 1.36 bits per heavy atom. The Balaban J connectivity index is 2.49. The van der Waals surface area contributed by atoms with Gasteiger partial charge in [0, 0.05) is 5.56 Å². The van der Waals surface area contributed by atoms with Gasteiger partial charge >= 0.3 is 18.3 Å². The number of hydrogen-bond acceptors (Lipinski definition) is 2. The zero-order valence-electron chi connectivity index (χ0n) is 13.7. The van der Waals surface area contributed by atoms with E-state index >= 15 is 0 Å². The molecule has 0 aliphatic heterocycles. The van der Waals surface area contributed by atoms with Crippen LogP contribution in [0.2, 0.25) is 0 Å². The van der Waals surface area contributed by atoms with Gasteiger partial charge in [0.05, 0.1) is 11.1 Å². The molecule has 10 heteroatoms. The fourth-order valence-corrected chi connectivity index (χ4v) is 2.16. The number of hydrogen-bond donors (Lipinski definition) is 2. The molecule has 0 aliphatic rings. The first-order chi connectivity index (χ1) is 12.9. The second-order valence-corrected chi connectivity index (χ2v) is 5.52. The molecule has 1 amide bonds. The molecule has 0 atom stereocenters. The fraction of sp³-hybridized carbons (Fsp3) is 0.111. The molecule has 0 radical (unpaired) electrons. The maximum Gasteiger partial charge on any atom is 0.416 e. The van der Waals surface area contributed by atoms with Crippen LogP contribution in [0.5, 0.6) is 0 Å². The summed E-state index contributed by atoms with van der Waals surface area (Å²) in [6.45, 7) is 0. The number of rotatable bonds is 4. The van der Waals surface area contributed by atoms with E-state index in [1.807, 2.05) is 5.32 Å². The predicted molar refractivity (Wildman–Crippen MR) is 86.0 cm³/mol. The Morgan fingerprint density at radius 3 is 1.79 bits per heavy atom. The second kappa shape index (κ2) is 7.75. The smallest absolute Gasteiger partial charge is 0.416 e. The molecular formula is C18H11F6NO3. The fourth-order valence-electron chi connectivity index (χ4n) is 2.16. The number of benzene rings is 2. The van der Waals surface area contributed by atoms with Crippen LogP contribution < -0.4 is 5.32 Å². The van der Waals surface area contributed by atoms with Gasteiger partial charge in [0.1, 0.15) is 5.70 Å². The Morgan fingerprint density at radius 1 is 0.857 bits per heavy atom. The lowest BCUT2D eigenvalue weighted by Crippen LogP contribution is -2.27. The van der Waals surface area contributed by atoms with Gasteiger partial charge in [-0.1, -0.05) is 18.2 Å². The minimum absolute atomic E-state index is 0.0506. The number of aliphatic carboxylic acids is 1. The number of nitrogens with one attached hydrogen (secondary N) is 1. The molecular weight excluding hydrogens is 392 g/mol. The van der Waals surface area contributed by atoms with E-state index in [9.17, 15) is 35.9 Å². The van der Waals surface area contributed by atoms with Crippen molar-refractivity contribution < 1.29 is 41.0 Å². The normalized spacial score (nSPS) is 12.6. The van der Waals surface area contributed by atoms with Crippen molar-refractivity contribution in [1.82, 2.24) is 5.32 Å². The largest absolute Gasteiger partial charge is 0.477 e.